The van der Waals surface area contributed by atoms with Crippen LogP contribution in [-0.4, -0.2) is 4.98 Å². The molecule has 0 unspecified atom stereocenters. The van der Waals surface area contributed by atoms with Crippen molar-refractivity contribution in [3.8, 4) is 0 Å². The number of rotatable bonds is 2. The van der Waals surface area contributed by atoms with Gasteiger partial charge in [0.05, 0.1) is 11.7 Å². The minimum absolute atomic E-state index is 0.0301. The zero-order chi connectivity index (χ0) is 8.43. The number of nitrogens with two attached hydrogens (primary N) is 1. The lowest BCUT2D eigenvalue weighted by Gasteiger charge is -2.12. The second kappa shape index (κ2) is 3.05. The van der Waals surface area contributed by atoms with Crippen LogP contribution in [0.5, 0.6) is 0 Å². The molecule has 11 heavy (non-hydrogen) atoms. The van der Waals surface area contributed by atoms with Crippen molar-refractivity contribution >= 4 is 0 Å². The van der Waals surface area contributed by atoms with Gasteiger partial charge in [-0.1, -0.05) is 13.8 Å². The average molecular weight is 154 g/mol. The van der Waals surface area contributed by atoms with E-state index in [2.05, 4.69) is 18.8 Å². The van der Waals surface area contributed by atoms with Crippen LogP contribution < -0.4 is 5.73 Å². The number of hydrogen-bond acceptors (Lipinski definition) is 3. The zero-order valence-corrected chi connectivity index (χ0v) is 7.16. The first-order chi connectivity index (χ1) is 5.13. The smallest absolute Gasteiger partial charge is 0.181 e. The lowest BCUT2D eigenvalue weighted by atomic mass is 10.0. The van der Waals surface area contributed by atoms with Gasteiger partial charge in [-0.05, 0) is 12.8 Å². The number of nitrogens with zero attached hydrogens (tertiary/aromatic N) is 1. The number of aromatic nitrogens is 1. The summed E-state index contributed by atoms with van der Waals surface area (Å²) in [5, 5.41) is 0. The first-order valence-corrected chi connectivity index (χ1v) is 3.78. The van der Waals surface area contributed by atoms with Crippen molar-refractivity contribution in [1.29, 1.82) is 0 Å². The number of hydrogen-bond donors (Lipinski definition) is 1. The summed E-state index contributed by atoms with van der Waals surface area (Å²) in [4.78, 5) is 3.97. The van der Waals surface area contributed by atoms with Crippen LogP contribution in [0.25, 0.3) is 0 Å². The first-order valence-electron chi connectivity index (χ1n) is 3.78. The van der Waals surface area contributed by atoms with Crippen molar-refractivity contribution in [2.24, 2.45) is 11.7 Å². The monoisotopic (exact) mass is 154 g/mol. The fourth-order valence-electron chi connectivity index (χ4n) is 0.934. The van der Waals surface area contributed by atoms with Gasteiger partial charge in [-0.2, -0.15) is 0 Å². The van der Waals surface area contributed by atoms with Crippen molar-refractivity contribution in [1.82, 2.24) is 4.98 Å². The normalized spacial score (nSPS) is 13.9. The molecule has 0 aliphatic rings. The van der Waals surface area contributed by atoms with Crippen LogP contribution in [0.15, 0.2) is 10.8 Å². The van der Waals surface area contributed by atoms with Crippen LogP contribution in [0, 0.1) is 12.8 Å². The van der Waals surface area contributed by atoms with E-state index in [0.717, 1.165) is 11.5 Å². The minimum atomic E-state index is -0.0301. The molecule has 0 fully saturated rings. The molecule has 0 amide bonds. The molecule has 1 atom stereocenters. The van der Waals surface area contributed by atoms with Crippen LogP contribution in [0.2, 0.25) is 0 Å². The molecule has 1 aromatic rings. The molecule has 0 aromatic carbocycles. The first kappa shape index (κ1) is 8.27. The molecule has 2 N–H and O–H groups in total. The summed E-state index contributed by atoms with van der Waals surface area (Å²) in [6.45, 7) is 6.03. The van der Waals surface area contributed by atoms with E-state index in [-0.39, 0.29) is 6.04 Å². The minimum Gasteiger partial charge on any atom is -0.447 e. The highest BCUT2D eigenvalue weighted by Gasteiger charge is 2.16. The van der Waals surface area contributed by atoms with Gasteiger partial charge in [-0.3, -0.25) is 0 Å². The third-order valence-electron chi connectivity index (χ3n) is 1.80. The lowest BCUT2D eigenvalue weighted by molar-refractivity contribution is 0.399. The molecule has 1 heterocycles. The predicted octanol–water partition coefficient (Wildman–Crippen LogP) is 1.64. The van der Waals surface area contributed by atoms with Gasteiger partial charge in [0.15, 0.2) is 6.39 Å². The van der Waals surface area contributed by atoms with Crippen molar-refractivity contribution in [2.45, 2.75) is 26.8 Å². The SMILES string of the molecule is Cc1ncoc1[C@@H](N)C(C)C. The topological polar surface area (TPSA) is 52.0 Å². The van der Waals surface area contributed by atoms with E-state index < -0.39 is 0 Å². The van der Waals surface area contributed by atoms with Crippen LogP contribution in [0.3, 0.4) is 0 Å². The maximum Gasteiger partial charge on any atom is 0.181 e. The van der Waals surface area contributed by atoms with Crippen LogP contribution >= 0.6 is 0 Å². The Hall–Kier alpha value is -0.830. The molecule has 0 radical (unpaired) electrons. The van der Waals surface area contributed by atoms with Gasteiger partial charge >= 0.3 is 0 Å². The van der Waals surface area contributed by atoms with E-state index in [1.165, 1.54) is 6.39 Å². The van der Waals surface area contributed by atoms with Gasteiger partial charge < -0.3 is 10.2 Å². The lowest BCUT2D eigenvalue weighted by Crippen LogP contribution is -2.16. The molecule has 0 saturated carbocycles. The maximum absolute atomic E-state index is 5.85. The molecule has 3 nitrogen and oxygen atoms in total. The Balaban J connectivity index is 2.84. The Labute approximate surface area is 66.6 Å². The summed E-state index contributed by atoms with van der Waals surface area (Å²) >= 11 is 0. The summed E-state index contributed by atoms with van der Waals surface area (Å²) in [5.41, 5.74) is 6.74. The highest BCUT2D eigenvalue weighted by Crippen LogP contribution is 2.20. The van der Waals surface area contributed by atoms with Gasteiger partial charge in [-0.15, -0.1) is 0 Å². The van der Waals surface area contributed by atoms with Gasteiger partial charge in [0, 0.05) is 0 Å². The number of aryl methyl sites for hydroxylation is 1. The molecule has 0 spiro atoms. The second-order valence-corrected chi connectivity index (χ2v) is 3.07. The van der Waals surface area contributed by atoms with Crippen molar-refractivity contribution in [2.75, 3.05) is 0 Å². The Morgan fingerprint density at radius 3 is 2.55 bits per heavy atom. The quantitative estimate of drug-likeness (QED) is 0.704. The van der Waals surface area contributed by atoms with Crippen molar-refractivity contribution in [3.05, 3.63) is 17.8 Å². The zero-order valence-electron chi connectivity index (χ0n) is 7.16. The Kier molecular flexibility index (Phi) is 2.29. The summed E-state index contributed by atoms with van der Waals surface area (Å²) in [6.07, 6.45) is 1.44. The summed E-state index contributed by atoms with van der Waals surface area (Å²) in [7, 11) is 0. The van der Waals surface area contributed by atoms with Gasteiger partial charge in [0.2, 0.25) is 0 Å². The van der Waals surface area contributed by atoms with E-state index in [1.807, 2.05) is 6.92 Å². The fourth-order valence-corrected chi connectivity index (χ4v) is 0.934. The van der Waals surface area contributed by atoms with E-state index in [0.29, 0.717) is 5.92 Å². The predicted molar refractivity (Wildman–Crippen MR) is 43.0 cm³/mol. The second-order valence-electron chi connectivity index (χ2n) is 3.07. The largest absolute Gasteiger partial charge is 0.447 e. The van der Waals surface area contributed by atoms with E-state index >= 15 is 0 Å². The third kappa shape index (κ3) is 1.60. The molecular weight excluding hydrogens is 140 g/mol. The van der Waals surface area contributed by atoms with E-state index in [4.69, 9.17) is 10.2 Å². The molecule has 0 saturated heterocycles. The van der Waals surface area contributed by atoms with E-state index in [1.54, 1.807) is 0 Å². The van der Waals surface area contributed by atoms with Gasteiger partial charge in [0.1, 0.15) is 5.76 Å². The molecule has 0 aliphatic carbocycles. The Morgan fingerprint density at radius 2 is 2.18 bits per heavy atom. The maximum atomic E-state index is 5.85. The molecule has 1 rings (SSSR count). The molecular formula is C8H14N2O. The summed E-state index contributed by atoms with van der Waals surface area (Å²) in [6, 6.07) is -0.0301. The fraction of sp³-hybridized carbons (Fsp3) is 0.625. The molecule has 3 heteroatoms. The molecule has 1 aromatic heterocycles. The Bertz CT molecular complexity index is 230. The Morgan fingerprint density at radius 1 is 1.55 bits per heavy atom. The van der Waals surface area contributed by atoms with Crippen molar-refractivity contribution < 1.29 is 4.42 Å². The highest BCUT2D eigenvalue weighted by molar-refractivity contribution is 5.09. The van der Waals surface area contributed by atoms with Crippen LogP contribution in [0.1, 0.15) is 31.3 Å². The standard InChI is InChI=1S/C8H14N2O/c1-5(2)7(9)8-6(3)10-4-11-8/h4-5,7H,9H2,1-3H3/t7-/m0/s1. The summed E-state index contributed by atoms with van der Waals surface area (Å²) in [5.74, 6) is 1.20. The van der Waals surface area contributed by atoms with Crippen molar-refractivity contribution in [3.63, 3.8) is 0 Å². The molecule has 0 aliphatic heterocycles. The number of oxazole rings is 1. The van der Waals surface area contributed by atoms with Gasteiger partial charge in [0.25, 0.3) is 0 Å². The van der Waals surface area contributed by atoms with Crippen LogP contribution in [0.4, 0.5) is 0 Å². The highest BCUT2D eigenvalue weighted by atomic mass is 16.3. The van der Waals surface area contributed by atoms with Crippen LogP contribution in [-0.2, 0) is 0 Å². The summed E-state index contributed by atoms with van der Waals surface area (Å²) < 4.78 is 5.15. The average Bonchev–Trinajstić information content (AvgIpc) is 2.33. The van der Waals surface area contributed by atoms with E-state index in [9.17, 15) is 0 Å². The molecule has 0 bridgehead atoms. The third-order valence-corrected chi connectivity index (χ3v) is 1.80. The van der Waals surface area contributed by atoms with Gasteiger partial charge in [-0.25, -0.2) is 4.98 Å². The molecule has 62 valence electrons.